The topological polar surface area (TPSA) is 114 Å². The Bertz CT molecular complexity index is 1880. The highest BCUT2D eigenvalue weighted by Gasteiger charge is 2.42. The first-order valence-corrected chi connectivity index (χ1v) is 15.0. The van der Waals surface area contributed by atoms with Crippen LogP contribution in [0.2, 0.25) is 0 Å². The molecule has 1 aliphatic heterocycles. The lowest BCUT2D eigenvalue weighted by Gasteiger charge is -2.28. The van der Waals surface area contributed by atoms with E-state index in [9.17, 15) is 20.0 Å². The molecule has 1 aliphatic rings. The van der Waals surface area contributed by atoms with Crippen molar-refractivity contribution >= 4 is 46.4 Å². The minimum atomic E-state index is -0.988. The van der Waals surface area contributed by atoms with Gasteiger partial charge in [0.1, 0.15) is 0 Å². The van der Waals surface area contributed by atoms with Gasteiger partial charge in [0.2, 0.25) is 0 Å². The number of carboxylic acids is 1. The molecular formula is C33H27N5O4S2. The largest absolute Gasteiger partial charge is 0.478 e. The fraction of sp³-hybridized carbons (Fsp3) is 0.121. The number of aromatic carboxylic acids is 1. The van der Waals surface area contributed by atoms with Gasteiger partial charge in [0, 0.05) is 45.2 Å². The molecule has 0 bridgehead atoms. The zero-order valence-corrected chi connectivity index (χ0v) is 25.4. The van der Waals surface area contributed by atoms with E-state index < -0.39 is 10.9 Å². The van der Waals surface area contributed by atoms with Crippen molar-refractivity contribution < 1.29 is 14.8 Å². The van der Waals surface area contributed by atoms with Gasteiger partial charge in [-0.3, -0.25) is 15.1 Å². The molecule has 0 aliphatic carbocycles. The number of pyridine rings is 1. The number of rotatable bonds is 8. The van der Waals surface area contributed by atoms with E-state index in [1.165, 1.54) is 23.9 Å². The van der Waals surface area contributed by atoms with E-state index in [1.807, 2.05) is 73.0 Å². The molecule has 0 spiro atoms. The van der Waals surface area contributed by atoms with Crippen molar-refractivity contribution in [1.29, 1.82) is 0 Å². The molecule has 6 rings (SSSR count). The Kier molecular flexibility index (Phi) is 7.90. The van der Waals surface area contributed by atoms with Crippen LogP contribution in [0.15, 0.2) is 113 Å². The second-order valence-electron chi connectivity index (χ2n) is 10.3. The maximum atomic E-state index is 12.1. The number of para-hydroxylation sites is 1. The molecule has 3 heterocycles. The fourth-order valence-electron chi connectivity index (χ4n) is 5.70. The van der Waals surface area contributed by atoms with Crippen LogP contribution < -0.4 is 10.2 Å². The van der Waals surface area contributed by atoms with Crippen molar-refractivity contribution in [3.8, 4) is 5.69 Å². The van der Waals surface area contributed by atoms with E-state index in [-0.39, 0.29) is 23.3 Å². The third kappa shape index (κ3) is 5.43. The summed E-state index contributed by atoms with van der Waals surface area (Å²) in [5.74, 6) is -0.988. The first kappa shape index (κ1) is 29.1. The average Bonchev–Trinajstić information content (AvgIpc) is 3.52. The number of aromatic nitrogens is 2. The van der Waals surface area contributed by atoms with Gasteiger partial charge in [0.05, 0.1) is 34.0 Å². The number of aryl methyl sites for hydroxylation is 1. The number of non-ortho nitro benzene ring substituents is 1. The van der Waals surface area contributed by atoms with E-state index in [1.54, 1.807) is 30.5 Å². The summed E-state index contributed by atoms with van der Waals surface area (Å²) in [6, 6.07) is 28.8. The molecule has 0 amide bonds. The van der Waals surface area contributed by atoms with Crippen molar-refractivity contribution in [1.82, 2.24) is 14.9 Å². The summed E-state index contributed by atoms with van der Waals surface area (Å²) < 4.78 is 1.98. The van der Waals surface area contributed by atoms with Gasteiger partial charge in [0.15, 0.2) is 5.11 Å². The van der Waals surface area contributed by atoms with Crippen molar-refractivity contribution in [2.75, 3.05) is 4.90 Å². The molecule has 3 aromatic carbocycles. The standard InChI is InChI=1S/C33H27N5O4S2/c1-20-19-27(21(2)36(20)29-9-4-3-7-26(29)32(39)40)31-30(28-8-5-6-18-34-28)35-33(43)37(31)22-10-14-24(15-11-22)44-25-16-12-23(13-17-25)38(41)42/h3-19,30-31H,1-2H3,(H,35,43)(H,39,40)/t30-,31-/m1/s1. The van der Waals surface area contributed by atoms with Crippen LogP contribution in [0.3, 0.4) is 0 Å². The van der Waals surface area contributed by atoms with E-state index >= 15 is 0 Å². The van der Waals surface area contributed by atoms with Gasteiger partial charge in [-0.2, -0.15) is 0 Å². The van der Waals surface area contributed by atoms with Gasteiger partial charge in [-0.1, -0.05) is 30.0 Å². The summed E-state index contributed by atoms with van der Waals surface area (Å²) in [5, 5.41) is 25.0. The number of nitrogens with zero attached hydrogens (tertiary/aromatic N) is 4. The number of hydrogen-bond donors (Lipinski definition) is 2. The number of thiocarbonyl (C=S) groups is 1. The predicted molar refractivity (Wildman–Crippen MR) is 174 cm³/mol. The third-order valence-electron chi connectivity index (χ3n) is 7.66. The smallest absolute Gasteiger partial charge is 0.337 e. The molecule has 1 fully saturated rings. The summed E-state index contributed by atoms with van der Waals surface area (Å²) >= 11 is 7.43. The van der Waals surface area contributed by atoms with E-state index in [4.69, 9.17) is 12.2 Å². The Labute approximate surface area is 263 Å². The number of carboxylic acid groups (broad SMARTS) is 1. The first-order valence-electron chi connectivity index (χ1n) is 13.8. The monoisotopic (exact) mass is 621 g/mol. The Hall–Kier alpha value is -5.00. The van der Waals surface area contributed by atoms with Crippen molar-refractivity contribution in [2.45, 2.75) is 35.7 Å². The van der Waals surface area contributed by atoms with Gasteiger partial charge < -0.3 is 19.9 Å². The van der Waals surface area contributed by atoms with Crippen LogP contribution in [0.5, 0.6) is 0 Å². The first-order chi connectivity index (χ1) is 21.2. The molecular weight excluding hydrogens is 595 g/mol. The van der Waals surface area contributed by atoms with Crippen LogP contribution in [-0.2, 0) is 0 Å². The molecule has 0 unspecified atom stereocenters. The highest BCUT2D eigenvalue weighted by Crippen LogP contribution is 2.44. The van der Waals surface area contributed by atoms with Crippen molar-refractivity contribution in [3.05, 3.63) is 142 Å². The maximum Gasteiger partial charge on any atom is 0.337 e. The number of nitrogens with one attached hydrogen (secondary N) is 1. The zero-order valence-electron chi connectivity index (χ0n) is 23.7. The summed E-state index contributed by atoms with van der Waals surface area (Å²) in [4.78, 5) is 31.3. The van der Waals surface area contributed by atoms with Crippen LogP contribution >= 0.6 is 24.0 Å². The molecule has 220 valence electrons. The number of anilines is 1. The normalized spacial score (nSPS) is 16.1. The van der Waals surface area contributed by atoms with E-state index in [0.717, 1.165) is 38.1 Å². The second-order valence-corrected chi connectivity index (χ2v) is 11.9. The Morgan fingerprint density at radius 3 is 2.27 bits per heavy atom. The molecule has 2 N–H and O–H groups in total. The summed E-state index contributed by atoms with van der Waals surface area (Å²) in [7, 11) is 0. The maximum absolute atomic E-state index is 12.1. The second kappa shape index (κ2) is 11.9. The molecule has 11 heteroatoms. The molecule has 0 radical (unpaired) electrons. The number of carbonyl (C=O) groups is 1. The Morgan fingerprint density at radius 1 is 0.977 bits per heavy atom. The van der Waals surface area contributed by atoms with Gasteiger partial charge >= 0.3 is 5.97 Å². The number of nitro groups is 1. The predicted octanol–water partition coefficient (Wildman–Crippen LogP) is 7.42. The van der Waals surface area contributed by atoms with E-state index in [2.05, 4.69) is 21.3 Å². The lowest BCUT2D eigenvalue weighted by atomic mass is 9.96. The average molecular weight is 622 g/mol. The summed E-state index contributed by atoms with van der Waals surface area (Å²) in [5.41, 5.74) is 5.40. The van der Waals surface area contributed by atoms with Crippen LogP contribution in [0.25, 0.3) is 5.69 Å². The fourth-order valence-corrected chi connectivity index (χ4v) is 6.87. The highest BCUT2D eigenvalue weighted by molar-refractivity contribution is 7.99. The number of benzene rings is 3. The Balaban J connectivity index is 1.40. The van der Waals surface area contributed by atoms with Crippen molar-refractivity contribution in [2.24, 2.45) is 0 Å². The quantitative estimate of drug-likeness (QED) is 0.104. The number of hydrogen-bond acceptors (Lipinski definition) is 6. The third-order valence-corrected chi connectivity index (χ3v) is 8.99. The van der Waals surface area contributed by atoms with Gasteiger partial charge in [-0.05, 0) is 98.4 Å². The minimum Gasteiger partial charge on any atom is -0.478 e. The Morgan fingerprint density at radius 2 is 1.64 bits per heavy atom. The van der Waals surface area contributed by atoms with Crippen LogP contribution in [0.4, 0.5) is 11.4 Å². The lowest BCUT2D eigenvalue weighted by Crippen LogP contribution is -2.29. The van der Waals surface area contributed by atoms with E-state index in [0.29, 0.717) is 10.8 Å². The SMILES string of the molecule is Cc1cc([C@@H]2[C@@H](c3ccccn3)NC(=S)N2c2ccc(Sc3ccc([N+](=O)[O-])cc3)cc2)c(C)n1-c1ccccc1C(=O)O. The van der Waals surface area contributed by atoms with Crippen LogP contribution in [-0.4, -0.2) is 30.7 Å². The zero-order chi connectivity index (χ0) is 31.0. The van der Waals surface area contributed by atoms with Gasteiger partial charge in [0.25, 0.3) is 5.69 Å². The molecule has 1 saturated heterocycles. The van der Waals surface area contributed by atoms with Crippen molar-refractivity contribution in [3.63, 3.8) is 0 Å². The van der Waals surface area contributed by atoms with Crippen LogP contribution in [0.1, 0.15) is 45.1 Å². The molecule has 5 aromatic rings. The molecule has 2 aromatic heterocycles. The molecule has 9 nitrogen and oxygen atoms in total. The lowest BCUT2D eigenvalue weighted by molar-refractivity contribution is -0.384. The minimum absolute atomic E-state index is 0.0547. The highest BCUT2D eigenvalue weighted by atomic mass is 32.2. The summed E-state index contributed by atoms with van der Waals surface area (Å²) in [6.07, 6.45) is 1.76. The van der Waals surface area contributed by atoms with Crippen LogP contribution in [0, 0.1) is 24.0 Å². The number of nitro benzene ring substituents is 1. The molecule has 44 heavy (non-hydrogen) atoms. The van der Waals surface area contributed by atoms with Gasteiger partial charge in [-0.15, -0.1) is 0 Å². The van der Waals surface area contributed by atoms with Gasteiger partial charge in [-0.25, -0.2) is 4.79 Å². The molecule has 0 saturated carbocycles. The molecule has 2 atom stereocenters. The summed E-state index contributed by atoms with van der Waals surface area (Å²) in [6.45, 7) is 3.97.